The zero-order valence-electron chi connectivity index (χ0n) is 8.79. The Labute approximate surface area is 85.4 Å². The molecule has 0 aromatic rings. The van der Waals surface area contributed by atoms with E-state index >= 15 is 0 Å². The molecule has 4 heteroatoms. The fourth-order valence-electron chi connectivity index (χ4n) is 1.98. The van der Waals surface area contributed by atoms with E-state index in [1.807, 2.05) is 6.92 Å². The van der Waals surface area contributed by atoms with Crippen LogP contribution in [0.25, 0.3) is 0 Å². The van der Waals surface area contributed by atoms with Crippen LogP contribution in [0.3, 0.4) is 0 Å². The van der Waals surface area contributed by atoms with Crippen LogP contribution in [-0.2, 0) is 9.47 Å². The van der Waals surface area contributed by atoms with E-state index in [4.69, 9.17) is 15.3 Å². The van der Waals surface area contributed by atoms with Crippen molar-refractivity contribution in [3.63, 3.8) is 0 Å². The van der Waals surface area contributed by atoms with Crippen molar-refractivity contribution in [3.8, 4) is 0 Å². The number of rotatable bonds is 5. The summed E-state index contributed by atoms with van der Waals surface area (Å²) in [7, 11) is 0. The molecule has 1 aliphatic rings. The molecule has 1 saturated heterocycles. The van der Waals surface area contributed by atoms with Gasteiger partial charge in [0, 0.05) is 32.7 Å². The van der Waals surface area contributed by atoms with Crippen LogP contribution < -0.4 is 11.3 Å². The molecule has 0 aliphatic carbocycles. The largest absolute Gasteiger partial charge is 0.381 e. The quantitative estimate of drug-likeness (QED) is 0.387. The lowest BCUT2D eigenvalue weighted by molar-refractivity contribution is -0.118. The third-order valence-electron chi connectivity index (χ3n) is 2.75. The standard InChI is InChI=1S/C10H20N2O2/c1-3-9(12-11)10(14-4-2)5-7-13-8-6-10/h3,9,12H,1,4-8,11H2,2H3. The van der Waals surface area contributed by atoms with E-state index in [0.717, 1.165) is 26.1 Å². The molecule has 0 aromatic carbocycles. The SMILES string of the molecule is C=CC(NN)C1(OCC)CCOCC1. The van der Waals surface area contributed by atoms with Crippen molar-refractivity contribution in [1.82, 2.24) is 5.43 Å². The maximum atomic E-state index is 5.82. The van der Waals surface area contributed by atoms with Gasteiger partial charge in [0.25, 0.3) is 0 Å². The van der Waals surface area contributed by atoms with E-state index in [2.05, 4.69) is 12.0 Å². The highest BCUT2D eigenvalue weighted by Gasteiger charge is 2.39. The van der Waals surface area contributed by atoms with Crippen molar-refractivity contribution in [2.75, 3.05) is 19.8 Å². The molecule has 0 saturated carbocycles. The van der Waals surface area contributed by atoms with E-state index in [1.54, 1.807) is 6.08 Å². The third kappa shape index (κ3) is 2.33. The van der Waals surface area contributed by atoms with Gasteiger partial charge in [-0.2, -0.15) is 0 Å². The molecule has 1 heterocycles. The van der Waals surface area contributed by atoms with Crippen molar-refractivity contribution >= 4 is 0 Å². The van der Waals surface area contributed by atoms with Crippen LogP contribution in [0.2, 0.25) is 0 Å². The monoisotopic (exact) mass is 200 g/mol. The summed E-state index contributed by atoms with van der Waals surface area (Å²) in [6, 6.07) is -0.00801. The van der Waals surface area contributed by atoms with Crippen LogP contribution in [0.4, 0.5) is 0 Å². The van der Waals surface area contributed by atoms with Crippen LogP contribution >= 0.6 is 0 Å². The van der Waals surface area contributed by atoms with Crippen molar-refractivity contribution in [1.29, 1.82) is 0 Å². The zero-order chi connectivity index (χ0) is 10.4. The molecule has 82 valence electrons. The Balaban J connectivity index is 2.71. The van der Waals surface area contributed by atoms with Gasteiger partial charge in [-0.15, -0.1) is 6.58 Å². The third-order valence-corrected chi connectivity index (χ3v) is 2.75. The molecular weight excluding hydrogens is 180 g/mol. The van der Waals surface area contributed by atoms with Crippen molar-refractivity contribution in [2.24, 2.45) is 5.84 Å². The zero-order valence-corrected chi connectivity index (χ0v) is 8.79. The van der Waals surface area contributed by atoms with Crippen LogP contribution in [0, 0.1) is 0 Å². The van der Waals surface area contributed by atoms with Crippen LogP contribution in [0.1, 0.15) is 19.8 Å². The summed E-state index contributed by atoms with van der Waals surface area (Å²) in [4.78, 5) is 0. The second-order valence-electron chi connectivity index (χ2n) is 3.49. The molecule has 1 unspecified atom stereocenters. The number of ether oxygens (including phenoxy) is 2. The molecule has 0 aromatic heterocycles. The highest BCUT2D eigenvalue weighted by Crippen LogP contribution is 2.29. The molecule has 3 N–H and O–H groups in total. The van der Waals surface area contributed by atoms with Gasteiger partial charge in [-0.25, -0.2) is 0 Å². The van der Waals surface area contributed by atoms with Gasteiger partial charge in [0.1, 0.15) is 0 Å². The van der Waals surface area contributed by atoms with E-state index in [-0.39, 0.29) is 11.6 Å². The van der Waals surface area contributed by atoms with Gasteiger partial charge in [-0.1, -0.05) is 6.08 Å². The number of hydrogen-bond donors (Lipinski definition) is 2. The van der Waals surface area contributed by atoms with Crippen molar-refractivity contribution < 1.29 is 9.47 Å². The lowest BCUT2D eigenvalue weighted by atomic mass is 9.86. The minimum Gasteiger partial charge on any atom is -0.381 e. The average Bonchev–Trinajstić information content (AvgIpc) is 2.21. The van der Waals surface area contributed by atoms with Gasteiger partial charge in [0.05, 0.1) is 11.6 Å². The Bertz CT molecular complexity index is 173. The lowest BCUT2D eigenvalue weighted by Gasteiger charge is -2.41. The van der Waals surface area contributed by atoms with Crippen molar-refractivity contribution in [3.05, 3.63) is 12.7 Å². The number of hydrogen-bond acceptors (Lipinski definition) is 4. The molecule has 1 atom stereocenters. The Morgan fingerprint density at radius 3 is 2.71 bits per heavy atom. The first-order chi connectivity index (χ1) is 6.79. The molecule has 0 amide bonds. The summed E-state index contributed by atoms with van der Waals surface area (Å²) < 4.78 is 11.1. The van der Waals surface area contributed by atoms with Gasteiger partial charge in [-0.05, 0) is 6.92 Å². The predicted molar refractivity (Wildman–Crippen MR) is 55.7 cm³/mol. The van der Waals surface area contributed by atoms with E-state index < -0.39 is 0 Å². The summed E-state index contributed by atoms with van der Waals surface area (Å²) in [5.74, 6) is 5.49. The molecule has 0 spiro atoms. The molecule has 4 nitrogen and oxygen atoms in total. The maximum Gasteiger partial charge on any atom is 0.0926 e. The van der Waals surface area contributed by atoms with E-state index in [9.17, 15) is 0 Å². The molecular formula is C10H20N2O2. The molecule has 1 rings (SSSR count). The highest BCUT2D eigenvalue weighted by molar-refractivity contribution is 5.03. The van der Waals surface area contributed by atoms with Crippen LogP contribution in [0.15, 0.2) is 12.7 Å². The normalized spacial score (nSPS) is 23.0. The first-order valence-electron chi connectivity index (χ1n) is 5.09. The molecule has 1 aliphatic heterocycles. The molecule has 14 heavy (non-hydrogen) atoms. The highest BCUT2D eigenvalue weighted by atomic mass is 16.5. The predicted octanol–water partition coefficient (Wildman–Crippen LogP) is 0.590. The van der Waals surface area contributed by atoms with Crippen LogP contribution in [-0.4, -0.2) is 31.5 Å². The number of nitrogens with two attached hydrogens (primary N) is 1. The van der Waals surface area contributed by atoms with Crippen LogP contribution in [0.5, 0.6) is 0 Å². The smallest absolute Gasteiger partial charge is 0.0926 e. The van der Waals surface area contributed by atoms with Gasteiger partial charge in [0.15, 0.2) is 0 Å². The summed E-state index contributed by atoms with van der Waals surface area (Å²) in [6.45, 7) is 7.91. The average molecular weight is 200 g/mol. The van der Waals surface area contributed by atoms with Gasteiger partial charge < -0.3 is 9.47 Å². The Kier molecular flexibility index (Phi) is 4.54. The topological polar surface area (TPSA) is 56.5 Å². The summed E-state index contributed by atoms with van der Waals surface area (Å²) in [5, 5.41) is 0. The second kappa shape index (κ2) is 5.46. The molecule has 0 radical (unpaired) electrons. The maximum absolute atomic E-state index is 5.82. The summed E-state index contributed by atoms with van der Waals surface area (Å²) in [6.07, 6.45) is 3.53. The summed E-state index contributed by atoms with van der Waals surface area (Å²) in [5.41, 5.74) is 2.52. The minimum atomic E-state index is -0.233. The number of nitrogens with one attached hydrogen (secondary N) is 1. The first kappa shape index (κ1) is 11.7. The van der Waals surface area contributed by atoms with Gasteiger partial charge >= 0.3 is 0 Å². The van der Waals surface area contributed by atoms with E-state index in [1.165, 1.54) is 0 Å². The van der Waals surface area contributed by atoms with Gasteiger partial charge in [0.2, 0.25) is 0 Å². The van der Waals surface area contributed by atoms with Gasteiger partial charge in [-0.3, -0.25) is 11.3 Å². The fraction of sp³-hybridized carbons (Fsp3) is 0.800. The molecule has 1 fully saturated rings. The Hall–Kier alpha value is -0.420. The fourth-order valence-corrected chi connectivity index (χ4v) is 1.98. The second-order valence-corrected chi connectivity index (χ2v) is 3.49. The van der Waals surface area contributed by atoms with Crippen molar-refractivity contribution in [2.45, 2.75) is 31.4 Å². The lowest BCUT2D eigenvalue weighted by Crippen LogP contribution is -2.56. The first-order valence-corrected chi connectivity index (χ1v) is 5.09. The Morgan fingerprint density at radius 1 is 1.64 bits per heavy atom. The number of hydrazine groups is 1. The van der Waals surface area contributed by atoms with E-state index in [0.29, 0.717) is 6.61 Å². The Morgan fingerprint density at radius 2 is 2.29 bits per heavy atom. The summed E-state index contributed by atoms with van der Waals surface area (Å²) >= 11 is 0. The molecule has 0 bridgehead atoms. The minimum absolute atomic E-state index is 0.00801.